The molecule has 174 valence electrons. The number of halogens is 3. The van der Waals surface area contributed by atoms with Gasteiger partial charge in [0.2, 0.25) is 15.9 Å². The van der Waals surface area contributed by atoms with E-state index in [9.17, 15) is 26.4 Å². The maximum Gasteiger partial charge on any atom is 0.416 e. The molecule has 32 heavy (non-hydrogen) atoms. The molecule has 0 saturated carbocycles. The van der Waals surface area contributed by atoms with Crippen LogP contribution in [0, 0.1) is 6.92 Å². The lowest BCUT2D eigenvalue weighted by atomic mass is 10.2. The lowest BCUT2D eigenvalue weighted by Crippen LogP contribution is -2.50. The molecule has 0 aliphatic carbocycles. The van der Waals surface area contributed by atoms with Gasteiger partial charge >= 0.3 is 6.18 Å². The Bertz CT molecular complexity index is 1030. The molecule has 2 aromatic carbocycles. The highest BCUT2D eigenvalue weighted by atomic mass is 32.2. The summed E-state index contributed by atoms with van der Waals surface area (Å²) in [6, 6.07) is 11.1. The molecule has 1 aliphatic rings. The number of ether oxygens (including phenoxy) is 1. The van der Waals surface area contributed by atoms with Crippen molar-refractivity contribution in [2.45, 2.75) is 30.8 Å². The standard InChI is InChI=1S/C22H25F3N2O4S/c1-17-4-2-5-19(16-17)31-15-3-6-21(28)26-11-13-27(14-12-26)32(29,30)20-9-7-18(8-10-20)22(23,24)25/h2,4-5,7-10,16H,3,6,11-15H2,1H3. The van der Waals surface area contributed by atoms with Gasteiger partial charge in [0, 0.05) is 32.6 Å². The summed E-state index contributed by atoms with van der Waals surface area (Å²) >= 11 is 0. The fourth-order valence-electron chi connectivity index (χ4n) is 3.42. The second kappa shape index (κ2) is 9.91. The Kier molecular flexibility index (Phi) is 7.45. The Morgan fingerprint density at radius 2 is 1.69 bits per heavy atom. The Balaban J connectivity index is 1.46. The van der Waals surface area contributed by atoms with Gasteiger partial charge in [0.15, 0.2) is 0 Å². The highest BCUT2D eigenvalue weighted by molar-refractivity contribution is 7.89. The topological polar surface area (TPSA) is 66.9 Å². The van der Waals surface area contributed by atoms with Gasteiger partial charge in [-0.15, -0.1) is 0 Å². The van der Waals surface area contributed by atoms with Crippen LogP contribution in [-0.2, 0) is 21.0 Å². The molecule has 0 N–H and O–H groups in total. The van der Waals surface area contributed by atoms with Gasteiger partial charge in [0.25, 0.3) is 0 Å². The van der Waals surface area contributed by atoms with Crippen LogP contribution >= 0.6 is 0 Å². The fraction of sp³-hybridized carbons (Fsp3) is 0.409. The minimum atomic E-state index is -4.53. The van der Waals surface area contributed by atoms with E-state index in [0.29, 0.717) is 13.0 Å². The molecule has 0 radical (unpaired) electrons. The molecule has 1 aliphatic heterocycles. The van der Waals surface area contributed by atoms with E-state index < -0.39 is 21.8 Å². The largest absolute Gasteiger partial charge is 0.494 e. The van der Waals surface area contributed by atoms with Gasteiger partial charge in [0.05, 0.1) is 17.1 Å². The van der Waals surface area contributed by atoms with Crippen molar-refractivity contribution in [2.24, 2.45) is 0 Å². The average Bonchev–Trinajstić information content (AvgIpc) is 2.76. The summed E-state index contributed by atoms with van der Waals surface area (Å²) in [6.07, 6.45) is -3.70. The summed E-state index contributed by atoms with van der Waals surface area (Å²) < 4.78 is 70.4. The Labute approximate surface area is 185 Å². The van der Waals surface area contributed by atoms with Crippen molar-refractivity contribution in [1.82, 2.24) is 9.21 Å². The monoisotopic (exact) mass is 470 g/mol. The molecule has 10 heteroatoms. The minimum absolute atomic E-state index is 0.0792. The zero-order valence-corrected chi connectivity index (χ0v) is 18.5. The predicted molar refractivity (Wildman–Crippen MR) is 113 cm³/mol. The zero-order chi connectivity index (χ0) is 23.4. The maximum atomic E-state index is 12.7. The third kappa shape index (κ3) is 6.01. The molecule has 6 nitrogen and oxygen atoms in total. The van der Waals surface area contributed by atoms with Crippen LogP contribution in [0.2, 0.25) is 0 Å². The molecule has 1 saturated heterocycles. The summed E-state index contributed by atoms with van der Waals surface area (Å²) in [5.74, 6) is 0.670. The summed E-state index contributed by atoms with van der Waals surface area (Å²) in [7, 11) is -3.92. The first-order valence-corrected chi connectivity index (χ1v) is 11.7. The number of alkyl halides is 3. The molecule has 0 bridgehead atoms. The van der Waals surface area contributed by atoms with Gasteiger partial charge in [-0.25, -0.2) is 8.42 Å². The normalized spacial score (nSPS) is 15.6. The highest BCUT2D eigenvalue weighted by Gasteiger charge is 2.33. The quantitative estimate of drug-likeness (QED) is 0.579. The number of rotatable bonds is 7. The van der Waals surface area contributed by atoms with Crippen molar-refractivity contribution in [1.29, 1.82) is 0 Å². The summed E-state index contributed by atoms with van der Waals surface area (Å²) in [4.78, 5) is 13.8. The van der Waals surface area contributed by atoms with Crippen molar-refractivity contribution in [3.8, 4) is 5.75 Å². The van der Waals surface area contributed by atoms with Crippen LogP contribution in [0.25, 0.3) is 0 Å². The number of amides is 1. The number of carbonyl (C=O) groups is 1. The van der Waals surface area contributed by atoms with Crippen LogP contribution in [0.3, 0.4) is 0 Å². The van der Waals surface area contributed by atoms with Crippen molar-refractivity contribution in [2.75, 3.05) is 32.8 Å². The number of piperazine rings is 1. The van der Waals surface area contributed by atoms with E-state index >= 15 is 0 Å². The van der Waals surface area contributed by atoms with Crippen LogP contribution in [0.4, 0.5) is 13.2 Å². The van der Waals surface area contributed by atoms with Gasteiger partial charge in [-0.2, -0.15) is 17.5 Å². The van der Waals surface area contributed by atoms with Crippen LogP contribution in [0.5, 0.6) is 5.75 Å². The van der Waals surface area contributed by atoms with Crippen molar-refractivity contribution >= 4 is 15.9 Å². The van der Waals surface area contributed by atoms with Crippen LogP contribution < -0.4 is 4.74 Å². The molecule has 0 aromatic heterocycles. The van der Waals surface area contributed by atoms with E-state index in [-0.39, 0.29) is 43.4 Å². The molecule has 1 amide bonds. The molecular weight excluding hydrogens is 445 g/mol. The molecule has 0 spiro atoms. The Morgan fingerprint density at radius 1 is 1.03 bits per heavy atom. The summed E-state index contributed by atoms with van der Waals surface area (Å²) in [6.45, 7) is 3.02. The number of hydrogen-bond acceptors (Lipinski definition) is 4. The molecule has 0 unspecified atom stereocenters. The number of sulfonamides is 1. The number of benzene rings is 2. The predicted octanol–water partition coefficient (Wildman–Crippen LogP) is 3.71. The Hall–Kier alpha value is -2.59. The fourth-order valence-corrected chi connectivity index (χ4v) is 4.84. The molecule has 1 heterocycles. The zero-order valence-electron chi connectivity index (χ0n) is 17.6. The second-order valence-electron chi connectivity index (χ2n) is 7.58. The van der Waals surface area contributed by atoms with Crippen LogP contribution in [-0.4, -0.2) is 56.3 Å². The average molecular weight is 471 g/mol. The van der Waals surface area contributed by atoms with Crippen molar-refractivity contribution in [3.63, 3.8) is 0 Å². The van der Waals surface area contributed by atoms with Gasteiger partial charge in [-0.05, 0) is 55.3 Å². The summed E-state index contributed by atoms with van der Waals surface area (Å²) in [5, 5.41) is 0. The van der Waals surface area contributed by atoms with E-state index in [2.05, 4.69) is 0 Å². The van der Waals surface area contributed by atoms with E-state index in [0.717, 1.165) is 35.6 Å². The minimum Gasteiger partial charge on any atom is -0.494 e. The number of aryl methyl sites for hydroxylation is 1. The first-order valence-electron chi connectivity index (χ1n) is 10.2. The molecular formula is C22H25F3N2O4S. The van der Waals surface area contributed by atoms with Crippen LogP contribution in [0.1, 0.15) is 24.0 Å². The lowest BCUT2D eigenvalue weighted by Gasteiger charge is -2.34. The van der Waals surface area contributed by atoms with E-state index in [4.69, 9.17) is 4.74 Å². The van der Waals surface area contributed by atoms with E-state index in [1.165, 1.54) is 4.31 Å². The van der Waals surface area contributed by atoms with E-state index in [1.54, 1.807) is 4.90 Å². The first-order chi connectivity index (χ1) is 15.1. The second-order valence-corrected chi connectivity index (χ2v) is 9.51. The van der Waals surface area contributed by atoms with Gasteiger partial charge in [-0.3, -0.25) is 4.79 Å². The number of hydrogen-bond donors (Lipinski definition) is 0. The number of nitrogens with zero attached hydrogens (tertiary/aromatic N) is 2. The highest BCUT2D eigenvalue weighted by Crippen LogP contribution is 2.30. The van der Waals surface area contributed by atoms with Crippen molar-refractivity contribution < 1.29 is 31.1 Å². The SMILES string of the molecule is Cc1cccc(OCCCC(=O)N2CCN(S(=O)(=O)c3ccc(C(F)(F)F)cc3)CC2)c1. The molecule has 2 aromatic rings. The van der Waals surface area contributed by atoms with Gasteiger partial charge < -0.3 is 9.64 Å². The molecule has 1 fully saturated rings. The van der Waals surface area contributed by atoms with Gasteiger partial charge in [0.1, 0.15) is 5.75 Å². The third-order valence-electron chi connectivity index (χ3n) is 5.20. The smallest absolute Gasteiger partial charge is 0.416 e. The maximum absolute atomic E-state index is 12.7. The van der Waals surface area contributed by atoms with Gasteiger partial charge in [-0.1, -0.05) is 12.1 Å². The molecule has 0 atom stereocenters. The number of carbonyl (C=O) groups excluding carboxylic acids is 1. The third-order valence-corrected chi connectivity index (χ3v) is 7.12. The lowest BCUT2D eigenvalue weighted by molar-refractivity contribution is -0.137. The first kappa shape index (κ1) is 24.1. The van der Waals surface area contributed by atoms with Crippen LogP contribution in [0.15, 0.2) is 53.4 Å². The Morgan fingerprint density at radius 3 is 2.28 bits per heavy atom. The van der Waals surface area contributed by atoms with Crippen molar-refractivity contribution in [3.05, 3.63) is 59.7 Å². The summed E-state index contributed by atoms with van der Waals surface area (Å²) in [5.41, 5.74) is 0.181. The van der Waals surface area contributed by atoms with E-state index in [1.807, 2.05) is 31.2 Å². The molecule has 3 rings (SSSR count).